The molecule has 0 saturated carbocycles. The van der Waals surface area contributed by atoms with E-state index in [1.807, 2.05) is 0 Å². The molecule has 0 bridgehead atoms. The van der Waals surface area contributed by atoms with Gasteiger partial charge in [0.05, 0.1) is 40.0 Å². The van der Waals surface area contributed by atoms with Gasteiger partial charge in [-0.1, -0.05) is 0 Å². The van der Waals surface area contributed by atoms with Crippen LogP contribution >= 0.6 is 0 Å². The fourth-order valence-electron chi connectivity index (χ4n) is 1.38. The summed E-state index contributed by atoms with van der Waals surface area (Å²) in [5, 5.41) is 59.2. The zero-order valence-electron chi connectivity index (χ0n) is 21.1. The van der Waals surface area contributed by atoms with E-state index >= 15 is 0 Å². The minimum atomic E-state index is -1.18. The van der Waals surface area contributed by atoms with E-state index in [1.165, 1.54) is 13.8 Å². The number of carboxylic acid groups (broad SMARTS) is 3. The molecule has 16 N–H and O–H groups in total. The SMILES string of the molecule is CC(O)C(N)C(=O)O.CC(O)C(N)C(=O)O.C[N+](C)(C)CCO.N=C(N)NCCCC(N)C(=O)O. The zero-order chi connectivity index (χ0) is 28.9. The van der Waals surface area contributed by atoms with E-state index in [2.05, 4.69) is 26.5 Å². The molecule has 5 atom stereocenters. The van der Waals surface area contributed by atoms with E-state index in [0.717, 1.165) is 11.0 Å². The predicted octanol–water partition coefficient (Wildman–Crippen LogP) is -4.10. The first-order valence-electron chi connectivity index (χ1n) is 10.5. The highest BCUT2D eigenvalue weighted by Crippen LogP contribution is 1.92. The summed E-state index contributed by atoms with van der Waals surface area (Å²) in [5.74, 6) is -3.48. The molecule has 0 aromatic rings. The van der Waals surface area contributed by atoms with Gasteiger partial charge in [0.15, 0.2) is 5.96 Å². The van der Waals surface area contributed by atoms with Crippen LogP contribution in [-0.2, 0) is 14.4 Å². The van der Waals surface area contributed by atoms with Crippen LogP contribution in [0, 0.1) is 5.41 Å². The molecule has 0 amide bonds. The summed E-state index contributed by atoms with van der Waals surface area (Å²) < 4.78 is 0.844. The van der Waals surface area contributed by atoms with Crippen LogP contribution in [-0.4, -0.2) is 130 Å². The highest BCUT2D eigenvalue weighted by atomic mass is 16.4. The molecule has 0 aliphatic rings. The first kappa shape index (κ1) is 39.6. The first-order valence-corrected chi connectivity index (χ1v) is 10.5. The van der Waals surface area contributed by atoms with E-state index < -0.39 is 48.2 Å². The third-order valence-corrected chi connectivity index (χ3v) is 3.71. The predicted molar refractivity (Wildman–Crippen MR) is 129 cm³/mol. The van der Waals surface area contributed by atoms with E-state index in [9.17, 15) is 14.4 Å². The molecule has 0 aliphatic heterocycles. The molecule has 0 heterocycles. The van der Waals surface area contributed by atoms with Crippen LogP contribution in [0.15, 0.2) is 0 Å². The third-order valence-electron chi connectivity index (χ3n) is 3.71. The summed E-state index contributed by atoms with van der Waals surface area (Å²) in [4.78, 5) is 29.9. The van der Waals surface area contributed by atoms with Crippen molar-refractivity contribution in [2.24, 2.45) is 22.9 Å². The van der Waals surface area contributed by atoms with Crippen molar-refractivity contribution >= 4 is 23.9 Å². The van der Waals surface area contributed by atoms with Crippen LogP contribution in [0.5, 0.6) is 0 Å². The molecule has 0 aliphatic carbocycles. The second-order valence-electron chi connectivity index (χ2n) is 8.37. The van der Waals surface area contributed by atoms with Crippen LogP contribution < -0.4 is 28.3 Å². The molecule has 0 aromatic heterocycles. The Balaban J connectivity index is -0.000000188. The maximum Gasteiger partial charge on any atom is 0.323 e. The van der Waals surface area contributed by atoms with Crippen LogP contribution in [0.3, 0.4) is 0 Å². The number of aliphatic hydroxyl groups is 3. The molecule has 0 saturated heterocycles. The highest BCUT2D eigenvalue weighted by Gasteiger charge is 2.17. The zero-order valence-corrected chi connectivity index (χ0v) is 21.1. The van der Waals surface area contributed by atoms with Crippen molar-refractivity contribution in [3.8, 4) is 0 Å². The molecule has 16 nitrogen and oxygen atoms in total. The maximum absolute atomic E-state index is 10.2. The van der Waals surface area contributed by atoms with Crippen LogP contribution in [0.2, 0.25) is 0 Å². The van der Waals surface area contributed by atoms with Crippen molar-refractivity contribution in [3.63, 3.8) is 0 Å². The third kappa shape index (κ3) is 33.7. The minimum Gasteiger partial charge on any atom is -0.480 e. The Morgan fingerprint density at radius 2 is 1.26 bits per heavy atom. The van der Waals surface area contributed by atoms with Gasteiger partial charge in [-0.25, -0.2) is 0 Å². The van der Waals surface area contributed by atoms with Crippen molar-refractivity contribution < 1.29 is 49.5 Å². The van der Waals surface area contributed by atoms with Gasteiger partial charge < -0.3 is 63.4 Å². The van der Waals surface area contributed by atoms with Crippen LogP contribution in [0.25, 0.3) is 0 Å². The van der Waals surface area contributed by atoms with Gasteiger partial charge >= 0.3 is 17.9 Å². The van der Waals surface area contributed by atoms with E-state index in [4.69, 9.17) is 59.0 Å². The number of nitrogens with zero attached hydrogens (tertiary/aromatic N) is 1. The minimum absolute atomic E-state index is 0.112. The molecule has 0 spiro atoms. The Labute approximate surface area is 205 Å². The molecule has 210 valence electrons. The second kappa shape index (κ2) is 21.9. The molecule has 16 heteroatoms. The van der Waals surface area contributed by atoms with Crippen molar-refractivity contribution in [1.29, 1.82) is 5.41 Å². The summed E-state index contributed by atoms with van der Waals surface area (Å²) in [7, 11) is 6.16. The lowest BCUT2D eigenvalue weighted by atomic mass is 10.2. The highest BCUT2D eigenvalue weighted by molar-refractivity contribution is 5.74. The number of nitrogens with one attached hydrogen (secondary N) is 2. The number of hydrogen-bond acceptors (Lipinski definition) is 10. The lowest BCUT2D eigenvalue weighted by Crippen LogP contribution is -2.39. The number of hydrogen-bond donors (Lipinski definition) is 12. The molecule has 0 rings (SSSR count). The van der Waals surface area contributed by atoms with Gasteiger partial charge in [0.2, 0.25) is 0 Å². The molecule has 0 fully saturated rings. The molecule has 35 heavy (non-hydrogen) atoms. The van der Waals surface area contributed by atoms with Gasteiger partial charge in [-0.3, -0.25) is 19.8 Å². The van der Waals surface area contributed by atoms with Gasteiger partial charge in [-0.15, -0.1) is 0 Å². The average molecular weight is 517 g/mol. The standard InChI is InChI=1S/C6H14N4O2.C5H14NO.2C4H9NO3/c7-4(5(11)12)2-1-3-10-6(8)9;1-6(2,3)4-5-7;2*1-2(6)3(5)4(7)8/h4H,1-3,7H2,(H,11,12)(H4,8,9,10);7H,4-5H2,1-3H3;2*2-3,6H,5H2,1H3,(H,7,8)/q;+1;;. The normalized spacial score (nSPS) is 14.5. The maximum atomic E-state index is 10.2. The van der Waals surface area contributed by atoms with Crippen LogP contribution in [0.4, 0.5) is 0 Å². The molecular formula is C19H46N7O9+. The lowest BCUT2D eigenvalue weighted by molar-refractivity contribution is -0.870. The molecule has 5 unspecified atom stereocenters. The number of guanidine groups is 1. The van der Waals surface area contributed by atoms with E-state index in [-0.39, 0.29) is 12.6 Å². The van der Waals surface area contributed by atoms with Crippen molar-refractivity contribution in [2.45, 2.75) is 57.0 Å². The number of carboxylic acids is 3. The van der Waals surface area contributed by atoms with Gasteiger partial charge in [0, 0.05) is 6.54 Å². The Morgan fingerprint density at radius 3 is 1.40 bits per heavy atom. The number of aliphatic carboxylic acids is 3. The summed E-state index contributed by atoms with van der Waals surface area (Å²) in [6.07, 6.45) is -0.983. The fourth-order valence-corrected chi connectivity index (χ4v) is 1.38. The lowest BCUT2D eigenvalue weighted by Gasteiger charge is -2.21. The van der Waals surface area contributed by atoms with Gasteiger partial charge in [-0.2, -0.15) is 0 Å². The van der Waals surface area contributed by atoms with Crippen molar-refractivity contribution in [1.82, 2.24) is 5.32 Å². The van der Waals surface area contributed by atoms with Crippen molar-refractivity contribution in [2.75, 3.05) is 40.8 Å². The van der Waals surface area contributed by atoms with E-state index in [1.54, 1.807) is 0 Å². The first-order chi connectivity index (χ1) is 15.7. The average Bonchev–Trinajstić information content (AvgIpc) is 2.69. The topological polar surface area (TPSA) is 313 Å². The molecular weight excluding hydrogens is 470 g/mol. The Morgan fingerprint density at radius 1 is 0.886 bits per heavy atom. The van der Waals surface area contributed by atoms with Crippen LogP contribution in [0.1, 0.15) is 26.7 Å². The number of nitrogens with two attached hydrogens (primary N) is 4. The number of likely N-dealkylation sites (N-methyl/N-ethyl adjacent to an activating group) is 1. The summed E-state index contributed by atoms with van der Waals surface area (Å²) in [5.41, 5.74) is 20.0. The monoisotopic (exact) mass is 516 g/mol. The fraction of sp³-hybridized carbons (Fsp3) is 0.789. The van der Waals surface area contributed by atoms with Gasteiger partial charge in [0.25, 0.3) is 0 Å². The van der Waals surface area contributed by atoms with E-state index in [0.29, 0.717) is 19.4 Å². The second-order valence-corrected chi connectivity index (χ2v) is 8.37. The smallest absolute Gasteiger partial charge is 0.323 e. The Hall–Kier alpha value is -2.60. The molecule has 0 radical (unpaired) electrons. The van der Waals surface area contributed by atoms with Gasteiger partial charge in [0.1, 0.15) is 24.7 Å². The Kier molecular flexibility index (Phi) is 24.8. The number of carbonyl (C=O) groups is 3. The number of aliphatic hydroxyl groups excluding tert-OH is 3. The van der Waals surface area contributed by atoms with Crippen molar-refractivity contribution in [3.05, 3.63) is 0 Å². The van der Waals surface area contributed by atoms with Gasteiger partial charge in [-0.05, 0) is 26.7 Å². The summed E-state index contributed by atoms with van der Waals surface area (Å²) in [6.45, 7) is 4.26. The Bertz CT molecular complexity index is 576. The number of quaternary nitrogens is 1. The summed E-state index contributed by atoms with van der Waals surface area (Å²) in [6, 6.07) is -3.14. The largest absolute Gasteiger partial charge is 0.480 e. The summed E-state index contributed by atoms with van der Waals surface area (Å²) >= 11 is 0. The quantitative estimate of drug-likeness (QED) is 0.0537. The number of rotatable bonds is 11. The molecule has 0 aromatic carbocycles.